The number of anilines is 1. The number of amides is 1. The van der Waals surface area contributed by atoms with Crippen molar-refractivity contribution in [2.75, 3.05) is 5.32 Å². The van der Waals surface area contributed by atoms with Crippen molar-refractivity contribution in [2.24, 2.45) is 11.8 Å². The Hall–Kier alpha value is -2.93. The Morgan fingerprint density at radius 1 is 1.26 bits per heavy atom. The van der Waals surface area contributed by atoms with E-state index >= 15 is 0 Å². The third-order valence-electron chi connectivity index (χ3n) is 4.40. The van der Waals surface area contributed by atoms with Gasteiger partial charge in [-0.15, -0.1) is 0 Å². The van der Waals surface area contributed by atoms with Gasteiger partial charge in [0.05, 0.1) is 10.8 Å². The van der Waals surface area contributed by atoms with Gasteiger partial charge in [-0.2, -0.15) is 0 Å². The summed E-state index contributed by atoms with van der Waals surface area (Å²) in [6.45, 7) is 1.94. The number of nitro groups is 1. The van der Waals surface area contributed by atoms with Crippen LogP contribution in [0.5, 0.6) is 0 Å². The second kappa shape index (κ2) is 7.75. The summed E-state index contributed by atoms with van der Waals surface area (Å²) in [7, 11) is 0. The Balaban J connectivity index is 1.81. The van der Waals surface area contributed by atoms with Gasteiger partial charge in [0.1, 0.15) is 5.02 Å². The maximum absolute atomic E-state index is 12.7. The molecule has 2 aromatic rings. The molecule has 140 valence electrons. The van der Waals surface area contributed by atoms with Crippen molar-refractivity contribution in [3.63, 3.8) is 0 Å². The van der Waals surface area contributed by atoms with Gasteiger partial charge in [0, 0.05) is 17.3 Å². The molecular weight excluding hydrogens is 372 g/mol. The van der Waals surface area contributed by atoms with Gasteiger partial charge in [-0.3, -0.25) is 19.7 Å². The number of nitrogens with one attached hydrogen (secondary N) is 1. The van der Waals surface area contributed by atoms with Crippen LogP contribution in [0.3, 0.4) is 0 Å². The highest BCUT2D eigenvalue weighted by Gasteiger charge is 2.42. The summed E-state index contributed by atoms with van der Waals surface area (Å²) in [6, 6.07) is 12.5. The SMILES string of the molecule is C[C@H]1C[C@@H]1C(=O)O[C@H](C(=O)Nc1ccc(Cl)c([N+](=O)[O-])c1)c1ccccc1. The molecule has 0 bridgehead atoms. The van der Waals surface area contributed by atoms with Gasteiger partial charge in [0.15, 0.2) is 0 Å². The van der Waals surface area contributed by atoms with Crippen molar-refractivity contribution < 1.29 is 19.2 Å². The highest BCUT2D eigenvalue weighted by Crippen LogP contribution is 2.40. The molecule has 8 heteroatoms. The average Bonchev–Trinajstić information content (AvgIpc) is 3.38. The number of hydrogen-bond acceptors (Lipinski definition) is 5. The molecule has 1 aliphatic carbocycles. The Kier molecular flexibility index (Phi) is 5.41. The summed E-state index contributed by atoms with van der Waals surface area (Å²) in [5.41, 5.74) is 0.377. The Labute approximate surface area is 160 Å². The topological polar surface area (TPSA) is 98.5 Å². The molecule has 1 N–H and O–H groups in total. The van der Waals surface area contributed by atoms with Crippen LogP contribution in [0.1, 0.15) is 25.0 Å². The van der Waals surface area contributed by atoms with Crippen LogP contribution in [-0.2, 0) is 14.3 Å². The van der Waals surface area contributed by atoms with Gasteiger partial charge in [-0.25, -0.2) is 0 Å². The molecule has 0 unspecified atom stereocenters. The molecule has 1 aliphatic rings. The van der Waals surface area contributed by atoms with Crippen LogP contribution in [0.25, 0.3) is 0 Å². The predicted molar refractivity (Wildman–Crippen MR) is 99.3 cm³/mol. The molecule has 0 saturated heterocycles. The molecule has 2 aromatic carbocycles. The Morgan fingerprint density at radius 3 is 2.52 bits per heavy atom. The monoisotopic (exact) mass is 388 g/mol. The van der Waals surface area contributed by atoms with Gasteiger partial charge in [-0.1, -0.05) is 48.9 Å². The summed E-state index contributed by atoms with van der Waals surface area (Å²) in [6.07, 6.45) is -0.410. The van der Waals surface area contributed by atoms with Crippen LogP contribution in [0.2, 0.25) is 5.02 Å². The minimum Gasteiger partial charge on any atom is -0.447 e. The zero-order valence-electron chi connectivity index (χ0n) is 14.4. The summed E-state index contributed by atoms with van der Waals surface area (Å²) in [4.78, 5) is 35.4. The lowest BCUT2D eigenvalue weighted by molar-refractivity contribution is -0.384. The van der Waals surface area contributed by atoms with E-state index in [1.165, 1.54) is 12.1 Å². The number of rotatable bonds is 6. The zero-order chi connectivity index (χ0) is 19.6. The van der Waals surface area contributed by atoms with Gasteiger partial charge in [0.2, 0.25) is 6.10 Å². The standard InChI is InChI=1S/C19H17ClN2O5/c1-11-9-14(11)19(24)27-17(12-5-3-2-4-6-12)18(23)21-13-7-8-15(20)16(10-13)22(25)26/h2-8,10-11,14,17H,9H2,1H3,(H,21,23)/t11-,14-,17-/m0/s1. The van der Waals surface area contributed by atoms with Gasteiger partial charge in [0.25, 0.3) is 11.6 Å². The first kappa shape index (κ1) is 18.8. The molecule has 27 heavy (non-hydrogen) atoms. The van der Waals surface area contributed by atoms with Crippen LogP contribution < -0.4 is 5.32 Å². The maximum atomic E-state index is 12.7. The lowest BCUT2D eigenvalue weighted by Crippen LogP contribution is -2.26. The smallest absolute Gasteiger partial charge is 0.310 e. The summed E-state index contributed by atoms with van der Waals surface area (Å²) < 4.78 is 5.46. The molecule has 7 nitrogen and oxygen atoms in total. The van der Waals surface area contributed by atoms with Gasteiger partial charge in [-0.05, 0) is 24.5 Å². The molecule has 0 aromatic heterocycles. The number of hydrogen-bond donors (Lipinski definition) is 1. The summed E-state index contributed by atoms with van der Waals surface area (Å²) >= 11 is 5.79. The van der Waals surface area contributed by atoms with E-state index in [9.17, 15) is 19.7 Å². The quantitative estimate of drug-likeness (QED) is 0.455. The minimum atomic E-state index is -1.15. The number of esters is 1. The third-order valence-corrected chi connectivity index (χ3v) is 4.72. The molecule has 1 saturated carbocycles. The van der Waals surface area contributed by atoms with E-state index in [2.05, 4.69) is 5.32 Å². The number of nitrogens with zero attached hydrogens (tertiary/aromatic N) is 1. The highest BCUT2D eigenvalue weighted by atomic mass is 35.5. The fourth-order valence-electron chi connectivity index (χ4n) is 2.69. The van der Waals surface area contributed by atoms with Crippen molar-refractivity contribution >= 4 is 34.9 Å². The number of carbonyl (C=O) groups excluding carboxylic acids is 2. The number of halogens is 1. The second-order valence-electron chi connectivity index (χ2n) is 6.46. The highest BCUT2D eigenvalue weighted by molar-refractivity contribution is 6.32. The summed E-state index contributed by atoms with van der Waals surface area (Å²) in [5.74, 6) is -0.968. The van der Waals surface area contributed by atoms with E-state index in [1.54, 1.807) is 30.3 Å². The van der Waals surface area contributed by atoms with Crippen LogP contribution in [-0.4, -0.2) is 16.8 Å². The molecule has 1 fully saturated rings. The second-order valence-corrected chi connectivity index (χ2v) is 6.87. The Bertz CT molecular complexity index is 887. The number of ether oxygens (including phenoxy) is 1. The molecule has 3 atom stereocenters. The van der Waals surface area contributed by atoms with Crippen LogP contribution in [0, 0.1) is 22.0 Å². The van der Waals surface area contributed by atoms with E-state index in [1.807, 2.05) is 6.92 Å². The van der Waals surface area contributed by atoms with Gasteiger partial charge >= 0.3 is 5.97 Å². The van der Waals surface area contributed by atoms with Gasteiger partial charge < -0.3 is 10.1 Å². The van der Waals surface area contributed by atoms with E-state index in [0.29, 0.717) is 5.56 Å². The molecule has 0 heterocycles. The van der Waals surface area contributed by atoms with Crippen molar-refractivity contribution in [1.82, 2.24) is 0 Å². The average molecular weight is 389 g/mol. The van der Waals surface area contributed by atoms with Crippen molar-refractivity contribution in [1.29, 1.82) is 0 Å². The first-order valence-electron chi connectivity index (χ1n) is 8.37. The largest absolute Gasteiger partial charge is 0.447 e. The predicted octanol–water partition coefficient (Wildman–Crippen LogP) is 4.13. The molecule has 0 radical (unpaired) electrons. The van der Waals surface area contributed by atoms with E-state index in [0.717, 1.165) is 12.5 Å². The van der Waals surface area contributed by atoms with E-state index in [4.69, 9.17) is 16.3 Å². The molecule has 1 amide bonds. The van der Waals surface area contributed by atoms with E-state index in [-0.39, 0.29) is 28.2 Å². The van der Waals surface area contributed by atoms with E-state index < -0.39 is 22.9 Å². The van der Waals surface area contributed by atoms with Crippen molar-refractivity contribution in [2.45, 2.75) is 19.4 Å². The van der Waals surface area contributed by atoms with Crippen LogP contribution in [0.15, 0.2) is 48.5 Å². The van der Waals surface area contributed by atoms with Crippen LogP contribution >= 0.6 is 11.6 Å². The number of carbonyl (C=O) groups is 2. The number of benzene rings is 2. The molecule has 0 aliphatic heterocycles. The lowest BCUT2D eigenvalue weighted by Gasteiger charge is -2.18. The fourth-order valence-corrected chi connectivity index (χ4v) is 2.88. The van der Waals surface area contributed by atoms with Crippen LogP contribution in [0.4, 0.5) is 11.4 Å². The fraction of sp³-hybridized carbons (Fsp3) is 0.263. The molecule has 3 rings (SSSR count). The van der Waals surface area contributed by atoms with Crippen molar-refractivity contribution in [3.8, 4) is 0 Å². The molecular formula is C19H17ClN2O5. The summed E-state index contributed by atoms with van der Waals surface area (Å²) in [5, 5.41) is 13.5. The minimum absolute atomic E-state index is 0.0354. The van der Waals surface area contributed by atoms with Crippen molar-refractivity contribution in [3.05, 3.63) is 69.2 Å². The normalized spacial score (nSPS) is 19.0. The Morgan fingerprint density at radius 2 is 1.93 bits per heavy atom. The lowest BCUT2D eigenvalue weighted by atomic mass is 10.1. The zero-order valence-corrected chi connectivity index (χ0v) is 15.2. The molecule has 0 spiro atoms. The maximum Gasteiger partial charge on any atom is 0.310 e. The first-order chi connectivity index (χ1) is 12.9. The number of nitro benzene ring substituents is 1. The first-order valence-corrected chi connectivity index (χ1v) is 8.75. The third kappa shape index (κ3) is 4.43.